The lowest BCUT2D eigenvalue weighted by Gasteiger charge is -2.63. The van der Waals surface area contributed by atoms with Crippen LogP contribution in [0.25, 0.3) is 0 Å². The second kappa shape index (κ2) is 11.3. The van der Waals surface area contributed by atoms with Crippen LogP contribution < -0.4 is 0 Å². The van der Waals surface area contributed by atoms with Gasteiger partial charge in [-0.15, -0.1) is 0 Å². The number of aliphatic hydroxyl groups excluding tert-OH is 1. The molecule has 5 saturated carbocycles. The second-order valence-corrected chi connectivity index (χ2v) is 20.0. The van der Waals surface area contributed by atoms with Crippen LogP contribution in [0.1, 0.15) is 113 Å². The van der Waals surface area contributed by atoms with Crippen LogP contribution in [0.15, 0.2) is 0 Å². The van der Waals surface area contributed by atoms with Crippen molar-refractivity contribution in [1.82, 2.24) is 9.80 Å². The number of amides is 2. The maximum Gasteiger partial charge on any atom is 0.410 e. The van der Waals surface area contributed by atoms with Gasteiger partial charge >= 0.3 is 6.09 Å². The van der Waals surface area contributed by atoms with E-state index in [-0.39, 0.29) is 52.5 Å². The van der Waals surface area contributed by atoms with Crippen LogP contribution in [0.5, 0.6) is 0 Å². The highest BCUT2D eigenvalue weighted by molar-refractivity contribution is 5.77. The van der Waals surface area contributed by atoms with Crippen LogP contribution in [0.3, 0.4) is 0 Å². The van der Waals surface area contributed by atoms with Crippen molar-refractivity contribution in [3.8, 4) is 0 Å². The molecular weight excluding hydrogens is 620 g/mol. The monoisotopic (exact) mass is 684 g/mol. The van der Waals surface area contributed by atoms with E-state index in [0.29, 0.717) is 73.7 Å². The molecule has 12 atom stereocenters. The maximum atomic E-state index is 13.3. The minimum Gasteiger partial charge on any atom is -0.444 e. The minimum atomic E-state index is -0.517. The largest absolute Gasteiger partial charge is 0.444 e. The number of ether oxygens (including phenoxy) is 4. The predicted octanol–water partition coefficient (Wildman–Crippen LogP) is 6.26. The Morgan fingerprint density at radius 1 is 0.878 bits per heavy atom. The number of hydrogen-bond donors (Lipinski definition) is 1. The first-order chi connectivity index (χ1) is 23.0. The van der Waals surface area contributed by atoms with Gasteiger partial charge in [0.1, 0.15) is 5.60 Å². The van der Waals surface area contributed by atoms with Crippen molar-refractivity contribution >= 4 is 12.0 Å². The van der Waals surface area contributed by atoms with Gasteiger partial charge in [-0.25, -0.2) is 4.79 Å². The van der Waals surface area contributed by atoms with E-state index in [0.717, 1.165) is 19.4 Å². The molecule has 3 aliphatic heterocycles. The van der Waals surface area contributed by atoms with E-state index in [1.165, 1.54) is 38.5 Å². The molecule has 8 unspecified atom stereocenters. The van der Waals surface area contributed by atoms with Crippen molar-refractivity contribution in [2.75, 3.05) is 39.4 Å². The molecule has 9 heteroatoms. The molecule has 1 N–H and O–H groups in total. The fourth-order valence-electron chi connectivity index (χ4n) is 14.1. The number of carbonyl (C=O) groups excluding carboxylic acids is 2. The van der Waals surface area contributed by atoms with E-state index in [4.69, 9.17) is 18.9 Å². The number of rotatable bonds is 4. The van der Waals surface area contributed by atoms with E-state index in [1.807, 2.05) is 25.7 Å². The van der Waals surface area contributed by atoms with Crippen molar-refractivity contribution in [2.45, 2.75) is 143 Å². The predicted molar refractivity (Wildman–Crippen MR) is 184 cm³/mol. The van der Waals surface area contributed by atoms with Crippen LogP contribution in [-0.4, -0.2) is 96.5 Å². The molecule has 8 fully saturated rings. The summed E-state index contributed by atoms with van der Waals surface area (Å²) < 4.78 is 24.9. The Morgan fingerprint density at radius 2 is 1.59 bits per heavy atom. The molecule has 0 radical (unpaired) electrons. The molecule has 3 heterocycles. The Bertz CT molecular complexity index is 1340. The molecule has 5 aliphatic carbocycles. The third kappa shape index (κ3) is 4.89. The molecule has 9 nitrogen and oxygen atoms in total. The quantitative estimate of drug-likeness (QED) is 0.374. The molecule has 2 amide bonds. The number of aliphatic hydroxyl groups is 1. The van der Waals surface area contributed by atoms with Gasteiger partial charge in [0.15, 0.2) is 6.29 Å². The van der Waals surface area contributed by atoms with Crippen molar-refractivity contribution in [2.24, 2.45) is 56.7 Å². The first-order valence-electron chi connectivity index (χ1n) is 19.8. The molecule has 276 valence electrons. The van der Waals surface area contributed by atoms with Crippen molar-refractivity contribution in [1.29, 1.82) is 0 Å². The van der Waals surface area contributed by atoms with Gasteiger partial charge in [-0.2, -0.15) is 0 Å². The summed E-state index contributed by atoms with van der Waals surface area (Å²) in [6.45, 7) is 21.4. The average Bonchev–Trinajstić information content (AvgIpc) is 3.64. The van der Waals surface area contributed by atoms with Gasteiger partial charge in [0.05, 0.1) is 31.5 Å². The van der Waals surface area contributed by atoms with Crippen LogP contribution in [0.4, 0.5) is 4.79 Å². The van der Waals surface area contributed by atoms with E-state index in [1.54, 1.807) is 4.90 Å². The summed E-state index contributed by atoms with van der Waals surface area (Å²) in [6.07, 6.45) is 8.96. The zero-order valence-electron chi connectivity index (χ0n) is 31.6. The van der Waals surface area contributed by atoms with Gasteiger partial charge in [-0.3, -0.25) is 4.79 Å². The normalized spacial score (nSPS) is 48.7. The lowest BCUT2D eigenvalue weighted by Crippen LogP contribution is -2.60. The smallest absolute Gasteiger partial charge is 0.410 e. The highest BCUT2D eigenvalue weighted by Crippen LogP contribution is 2.89. The number of morpholine rings is 1. The third-order valence-electron chi connectivity index (χ3n) is 16.5. The Labute approximate surface area is 294 Å². The van der Waals surface area contributed by atoms with Gasteiger partial charge in [0.2, 0.25) is 5.91 Å². The van der Waals surface area contributed by atoms with E-state index < -0.39 is 11.9 Å². The number of carbonyl (C=O) groups is 2. The summed E-state index contributed by atoms with van der Waals surface area (Å²) in [4.78, 5) is 29.3. The topological polar surface area (TPSA) is 97.8 Å². The third-order valence-corrected chi connectivity index (χ3v) is 16.5. The molecule has 8 aliphatic rings. The SMILES string of the molecule is C[C@@H]1CCOC2C1C1(C)CCC34CC35CCC(OC3CN(C(=O)CC6CN(C(=O)OC(C)(C)C)C6)CCO3)C(C)(C)[C@@H]5CCC4[C@]1(C)[C@H]2O. The number of hydrogen-bond acceptors (Lipinski definition) is 7. The summed E-state index contributed by atoms with van der Waals surface area (Å²) >= 11 is 0. The minimum absolute atomic E-state index is 0.000970. The highest BCUT2D eigenvalue weighted by atomic mass is 16.7. The molecule has 0 bridgehead atoms. The van der Waals surface area contributed by atoms with Crippen LogP contribution in [-0.2, 0) is 23.7 Å². The number of fused-ring (bicyclic) bond motifs is 4. The van der Waals surface area contributed by atoms with Crippen LogP contribution in [0, 0.1) is 56.7 Å². The van der Waals surface area contributed by atoms with Gasteiger partial charge in [0.25, 0.3) is 0 Å². The zero-order valence-corrected chi connectivity index (χ0v) is 31.6. The van der Waals surface area contributed by atoms with Gasteiger partial charge < -0.3 is 33.9 Å². The Balaban J connectivity index is 0.904. The van der Waals surface area contributed by atoms with Crippen molar-refractivity contribution in [3.63, 3.8) is 0 Å². The standard InChI is InChI=1S/C40H64N2O7/c1-24-12-17-47-32-31(24)37(7)14-15-40-23-39(40)13-11-28(36(5,6)26(39)9-10-27(40)38(37,8)33(32)44)48-30-22-41(16-18-46-30)29(43)19-25-20-42(21-25)34(45)49-35(2,3)4/h24-28,30-33,44H,9-23H2,1-8H3/t24-,26+,27?,28?,30?,31?,32?,33+,37?,38-,39?,40?/m1/s1. The fraction of sp³-hybridized carbons (Fsp3) is 0.950. The second-order valence-electron chi connectivity index (χ2n) is 20.0. The van der Waals surface area contributed by atoms with Gasteiger partial charge in [-0.1, -0.05) is 34.6 Å². The summed E-state index contributed by atoms with van der Waals surface area (Å²) in [5.41, 5.74) is 0.170. The lowest BCUT2D eigenvalue weighted by atomic mass is 9.41. The Kier molecular flexibility index (Phi) is 7.98. The van der Waals surface area contributed by atoms with Crippen molar-refractivity contribution < 1.29 is 33.6 Å². The number of nitrogens with zero attached hydrogens (tertiary/aromatic N) is 2. The summed E-state index contributed by atoms with van der Waals surface area (Å²) in [6, 6.07) is 0. The molecule has 0 aromatic heterocycles. The van der Waals surface area contributed by atoms with E-state index in [2.05, 4.69) is 34.6 Å². The van der Waals surface area contributed by atoms with Crippen LogP contribution in [0.2, 0.25) is 0 Å². The van der Waals surface area contributed by atoms with Crippen LogP contribution >= 0.6 is 0 Å². The molecule has 8 rings (SSSR count). The van der Waals surface area contributed by atoms with Gasteiger partial charge in [0, 0.05) is 44.0 Å². The Morgan fingerprint density at radius 3 is 2.33 bits per heavy atom. The van der Waals surface area contributed by atoms with Gasteiger partial charge in [-0.05, 0) is 117 Å². The maximum absolute atomic E-state index is 13.3. The molecular formula is C40H64N2O7. The summed E-state index contributed by atoms with van der Waals surface area (Å²) in [7, 11) is 0. The first kappa shape index (κ1) is 34.7. The molecule has 0 aromatic rings. The lowest BCUT2D eigenvalue weighted by molar-refractivity contribution is -0.248. The summed E-state index contributed by atoms with van der Waals surface area (Å²) in [5.74, 6) is 2.49. The molecule has 2 spiro atoms. The molecule has 49 heavy (non-hydrogen) atoms. The average molecular weight is 685 g/mol. The molecule has 0 aromatic carbocycles. The fourth-order valence-corrected chi connectivity index (χ4v) is 14.1. The van der Waals surface area contributed by atoms with Crippen molar-refractivity contribution in [3.05, 3.63) is 0 Å². The van der Waals surface area contributed by atoms with E-state index in [9.17, 15) is 14.7 Å². The molecule has 3 saturated heterocycles. The summed E-state index contributed by atoms with van der Waals surface area (Å²) in [5, 5.41) is 12.1. The Hall–Kier alpha value is -1.42. The van der Waals surface area contributed by atoms with E-state index >= 15 is 0 Å². The first-order valence-corrected chi connectivity index (χ1v) is 19.8. The zero-order chi connectivity index (χ0) is 34.9. The highest BCUT2D eigenvalue weighted by Gasteiger charge is 2.84. The number of likely N-dealkylation sites (tertiary alicyclic amines) is 1.